The van der Waals surface area contributed by atoms with E-state index in [4.69, 9.17) is 9.72 Å². The summed E-state index contributed by atoms with van der Waals surface area (Å²) in [6.45, 7) is 7.19. The maximum Gasteiger partial charge on any atom is 0.290 e. The highest BCUT2D eigenvalue weighted by Gasteiger charge is 2.40. The van der Waals surface area contributed by atoms with E-state index in [-0.39, 0.29) is 24.0 Å². The number of nitrogens with zero attached hydrogens (tertiary/aromatic N) is 3. The molecule has 2 aliphatic rings. The minimum atomic E-state index is -0.270. The average molecular weight is 455 g/mol. The van der Waals surface area contributed by atoms with Crippen LogP contribution in [0, 0.1) is 17.8 Å². The summed E-state index contributed by atoms with van der Waals surface area (Å²) in [7, 11) is 1.63. The SMILES string of the molecule is CO/C=C/CCn1c(C(=O)N(CC(C)C)C2CNCC(C(O)C3CC3)C2)nc2ccccc21. The average Bonchev–Trinajstić information content (AvgIpc) is 3.61. The van der Waals surface area contributed by atoms with Crippen molar-refractivity contribution in [2.45, 2.75) is 58.2 Å². The largest absolute Gasteiger partial charge is 0.505 e. The molecule has 2 aromatic rings. The number of aliphatic hydroxyl groups excluding tert-OH is 1. The van der Waals surface area contributed by atoms with E-state index < -0.39 is 0 Å². The Morgan fingerprint density at radius 1 is 1.30 bits per heavy atom. The zero-order valence-electron chi connectivity index (χ0n) is 20.1. The summed E-state index contributed by atoms with van der Waals surface area (Å²) >= 11 is 0. The van der Waals surface area contributed by atoms with Crippen LogP contribution in [0.3, 0.4) is 0 Å². The molecule has 2 heterocycles. The molecule has 1 aromatic carbocycles. The lowest BCUT2D eigenvalue weighted by Crippen LogP contribution is -2.54. The lowest BCUT2D eigenvalue weighted by Gasteiger charge is -2.40. The molecule has 1 aliphatic heterocycles. The second-order valence-corrected chi connectivity index (χ2v) is 9.96. The number of hydrogen-bond donors (Lipinski definition) is 2. The van der Waals surface area contributed by atoms with Gasteiger partial charge in [-0.3, -0.25) is 4.79 Å². The molecule has 1 saturated heterocycles. The number of imidazole rings is 1. The number of fused-ring (bicyclic) bond motifs is 1. The summed E-state index contributed by atoms with van der Waals surface area (Å²) < 4.78 is 7.07. The number of nitrogens with one attached hydrogen (secondary N) is 1. The first-order valence-corrected chi connectivity index (χ1v) is 12.3. The highest BCUT2D eigenvalue weighted by atomic mass is 16.5. The van der Waals surface area contributed by atoms with Gasteiger partial charge in [0.25, 0.3) is 5.91 Å². The van der Waals surface area contributed by atoms with Crippen LogP contribution in [0.15, 0.2) is 36.6 Å². The number of rotatable bonds is 10. The number of carbonyl (C=O) groups excluding carboxylic acids is 1. The number of allylic oxidation sites excluding steroid dienone is 1. The van der Waals surface area contributed by atoms with Crippen LogP contribution in [-0.4, -0.2) is 64.4 Å². The molecule has 0 radical (unpaired) electrons. The zero-order valence-corrected chi connectivity index (χ0v) is 20.1. The van der Waals surface area contributed by atoms with Gasteiger partial charge in [-0.1, -0.05) is 26.0 Å². The maximum absolute atomic E-state index is 14.0. The van der Waals surface area contributed by atoms with Crippen LogP contribution in [0.1, 0.15) is 50.1 Å². The summed E-state index contributed by atoms with van der Waals surface area (Å²) in [6.07, 6.45) is 7.19. The van der Waals surface area contributed by atoms with Gasteiger partial charge in [0.05, 0.1) is 30.5 Å². The van der Waals surface area contributed by atoms with Crippen LogP contribution < -0.4 is 5.32 Å². The van der Waals surface area contributed by atoms with Crippen molar-refractivity contribution >= 4 is 16.9 Å². The predicted octanol–water partition coefficient (Wildman–Crippen LogP) is 3.43. The fraction of sp³-hybridized carbons (Fsp3) is 0.615. The normalized spacial score (nSPS) is 22.2. The van der Waals surface area contributed by atoms with Gasteiger partial charge in [-0.2, -0.15) is 0 Å². The second kappa shape index (κ2) is 10.7. The Morgan fingerprint density at radius 2 is 2.09 bits per heavy atom. The standard InChI is InChI=1S/C26H38N4O3/c1-18(2)17-30(21-14-20(15-27-16-21)24(31)19-10-11-19)26(32)25-28-22-8-4-5-9-23(22)29(25)12-6-7-13-33-3/h4-5,7-9,13,18-21,24,27,31H,6,10-12,14-17H2,1-3H3/b13-7+. The Labute approximate surface area is 196 Å². The number of benzene rings is 1. The summed E-state index contributed by atoms with van der Waals surface area (Å²) in [5, 5.41) is 14.2. The molecular formula is C26H38N4O3. The van der Waals surface area contributed by atoms with Gasteiger partial charge in [-0.15, -0.1) is 0 Å². The molecule has 7 nitrogen and oxygen atoms in total. The number of aryl methyl sites for hydroxylation is 1. The lowest BCUT2D eigenvalue weighted by molar-refractivity contribution is 0.0324. The summed E-state index contributed by atoms with van der Waals surface area (Å²) in [5.41, 5.74) is 1.81. The number of piperidine rings is 1. The van der Waals surface area contributed by atoms with Gasteiger partial charge >= 0.3 is 0 Å². The first-order valence-electron chi connectivity index (χ1n) is 12.3. The monoisotopic (exact) mass is 454 g/mol. The van der Waals surface area contributed by atoms with E-state index in [1.807, 2.05) is 39.8 Å². The van der Waals surface area contributed by atoms with Gasteiger partial charge in [0.1, 0.15) is 0 Å². The highest BCUT2D eigenvalue weighted by Crippen LogP contribution is 2.38. The van der Waals surface area contributed by atoms with Crippen LogP contribution in [-0.2, 0) is 11.3 Å². The quantitative estimate of drug-likeness (QED) is 0.538. The first kappa shape index (κ1) is 23.8. The molecule has 0 bridgehead atoms. The van der Waals surface area contributed by atoms with Gasteiger partial charge < -0.3 is 24.6 Å². The summed E-state index contributed by atoms with van der Waals surface area (Å²) in [6, 6.07) is 7.98. The van der Waals surface area contributed by atoms with Crippen molar-refractivity contribution < 1.29 is 14.6 Å². The van der Waals surface area contributed by atoms with E-state index in [1.54, 1.807) is 13.4 Å². The van der Waals surface area contributed by atoms with E-state index in [0.717, 1.165) is 49.8 Å². The molecule has 1 amide bonds. The van der Waals surface area contributed by atoms with Gasteiger partial charge in [0.15, 0.2) is 5.82 Å². The van der Waals surface area contributed by atoms with E-state index in [2.05, 4.69) is 19.2 Å². The van der Waals surface area contributed by atoms with Crippen molar-refractivity contribution in [3.8, 4) is 0 Å². The molecule has 7 heteroatoms. The Hall–Kier alpha value is -2.38. The molecule has 2 N–H and O–H groups in total. The minimum absolute atomic E-state index is 0.0241. The van der Waals surface area contributed by atoms with Crippen LogP contribution in [0.25, 0.3) is 11.0 Å². The molecule has 180 valence electrons. The number of methoxy groups -OCH3 is 1. The first-order chi connectivity index (χ1) is 16.0. The molecule has 3 atom stereocenters. The maximum atomic E-state index is 14.0. The number of ether oxygens (including phenoxy) is 1. The van der Waals surface area contributed by atoms with Crippen molar-refractivity contribution in [2.75, 3.05) is 26.7 Å². The minimum Gasteiger partial charge on any atom is -0.505 e. The second-order valence-electron chi connectivity index (χ2n) is 9.96. The molecule has 1 aliphatic carbocycles. The Balaban J connectivity index is 1.61. The predicted molar refractivity (Wildman–Crippen MR) is 130 cm³/mol. The number of hydrogen-bond acceptors (Lipinski definition) is 5. The van der Waals surface area contributed by atoms with Crippen molar-refractivity contribution in [3.63, 3.8) is 0 Å². The smallest absolute Gasteiger partial charge is 0.290 e. The molecule has 4 rings (SSSR count). The zero-order chi connectivity index (χ0) is 23.4. The van der Waals surface area contributed by atoms with Crippen LogP contribution in [0.4, 0.5) is 0 Å². The van der Waals surface area contributed by atoms with Gasteiger partial charge in [-0.05, 0) is 61.6 Å². The number of aliphatic hydroxyl groups is 1. The molecule has 33 heavy (non-hydrogen) atoms. The highest BCUT2D eigenvalue weighted by molar-refractivity contribution is 5.95. The third kappa shape index (κ3) is 5.58. The number of aromatic nitrogens is 2. The third-order valence-electron chi connectivity index (χ3n) is 6.81. The Morgan fingerprint density at radius 3 is 2.82 bits per heavy atom. The number of para-hydroxylation sites is 2. The van der Waals surface area contributed by atoms with Crippen molar-refractivity contribution in [1.82, 2.24) is 19.8 Å². The van der Waals surface area contributed by atoms with Gasteiger partial charge in [-0.25, -0.2) is 4.98 Å². The van der Waals surface area contributed by atoms with Crippen LogP contribution in [0.5, 0.6) is 0 Å². The topological polar surface area (TPSA) is 79.6 Å². The van der Waals surface area contributed by atoms with Gasteiger partial charge in [0, 0.05) is 32.2 Å². The van der Waals surface area contributed by atoms with Crippen molar-refractivity contribution in [1.29, 1.82) is 0 Å². The fourth-order valence-electron chi connectivity index (χ4n) is 5.02. The van der Waals surface area contributed by atoms with E-state index >= 15 is 0 Å². The van der Waals surface area contributed by atoms with Crippen LogP contribution in [0.2, 0.25) is 0 Å². The molecule has 3 unspecified atom stereocenters. The Kier molecular flexibility index (Phi) is 7.71. The summed E-state index contributed by atoms with van der Waals surface area (Å²) in [5.74, 6) is 1.44. The van der Waals surface area contributed by atoms with E-state index in [1.165, 1.54) is 0 Å². The molecule has 1 aromatic heterocycles. The van der Waals surface area contributed by atoms with Crippen molar-refractivity contribution in [3.05, 3.63) is 42.4 Å². The lowest BCUT2D eigenvalue weighted by atomic mass is 9.87. The molecule has 1 saturated carbocycles. The number of amides is 1. The van der Waals surface area contributed by atoms with E-state index in [9.17, 15) is 9.90 Å². The molecule has 0 spiro atoms. The number of carbonyl (C=O) groups is 1. The van der Waals surface area contributed by atoms with Crippen molar-refractivity contribution in [2.24, 2.45) is 17.8 Å². The van der Waals surface area contributed by atoms with Gasteiger partial charge in [0.2, 0.25) is 0 Å². The summed E-state index contributed by atoms with van der Waals surface area (Å²) in [4.78, 5) is 20.8. The molecule has 2 fully saturated rings. The molecular weight excluding hydrogens is 416 g/mol. The fourth-order valence-corrected chi connectivity index (χ4v) is 5.02. The third-order valence-corrected chi connectivity index (χ3v) is 6.81. The van der Waals surface area contributed by atoms with E-state index in [0.29, 0.717) is 30.7 Å². The Bertz CT molecular complexity index is 966. The van der Waals surface area contributed by atoms with Crippen LogP contribution >= 0.6 is 0 Å².